The smallest absolute Gasteiger partial charge is 0.257 e. The summed E-state index contributed by atoms with van der Waals surface area (Å²) in [5.74, 6) is 0.346. The SMILES string of the molecule is Cc1c(NC(=O)C2CC2)cccc1NC(=S)NC(=O)c1ccc(C(C)C)cc1. The summed E-state index contributed by atoms with van der Waals surface area (Å²) in [5, 5.41) is 8.92. The van der Waals surface area contributed by atoms with Gasteiger partial charge in [-0.25, -0.2) is 0 Å². The van der Waals surface area contributed by atoms with Gasteiger partial charge in [-0.1, -0.05) is 32.0 Å². The quantitative estimate of drug-likeness (QED) is 0.648. The van der Waals surface area contributed by atoms with Gasteiger partial charge >= 0.3 is 0 Å². The maximum Gasteiger partial charge on any atom is 0.257 e. The van der Waals surface area contributed by atoms with Crippen molar-refractivity contribution in [3.63, 3.8) is 0 Å². The van der Waals surface area contributed by atoms with Gasteiger partial charge in [0.1, 0.15) is 0 Å². The Bertz CT molecular complexity index is 902. The molecule has 0 aromatic heterocycles. The van der Waals surface area contributed by atoms with Gasteiger partial charge < -0.3 is 10.6 Å². The molecule has 1 aliphatic rings. The van der Waals surface area contributed by atoms with E-state index >= 15 is 0 Å². The van der Waals surface area contributed by atoms with Crippen molar-refractivity contribution in [2.75, 3.05) is 10.6 Å². The highest BCUT2D eigenvalue weighted by atomic mass is 32.1. The number of carbonyl (C=O) groups excluding carboxylic acids is 2. The van der Waals surface area contributed by atoms with E-state index in [9.17, 15) is 9.59 Å². The minimum absolute atomic E-state index is 0.0565. The Morgan fingerprint density at radius 3 is 2.18 bits per heavy atom. The normalized spacial score (nSPS) is 13.1. The van der Waals surface area contributed by atoms with E-state index in [1.807, 2.05) is 37.3 Å². The highest BCUT2D eigenvalue weighted by Crippen LogP contribution is 2.31. The first-order valence-corrected chi connectivity index (χ1v) is 9.88. The molecule has 0 heterocycles. The molecular formula is C22H25N3O2S. The third-order valence-electron chi connectivity index (χ3n) is 4.85. The van der Waals surface area contributed by atoms with Crippen LogP contribution in [0.1, 0.15) is 54.1 Å². The van der Waals surface area contributed by atoms with Crippen molar-refractivity contribution in [1.29, 1.82) is 0 Å². The van der Waals surface area contributed by atoms with E-state index in [0.717, 1.165) is 29.8 Å². The second-order valence-electron chi connectivity index (χ2n) is 7.43. The van der Waals surface area contributed by atoms with Crippen molar-refractivity contribution >= 4 is 40.5 Å². The number of amides is 2. The monoisotopic (exact) mass is 395 g/mol. The van der Waals surface area contributed by atoms with E-state index in [-0.39, 0.29) is 22.8 Å². The lowest BCUT2D eigenvalue weighted by Crippen LogP contribution is -2.34. The molecule has 2 aromatic carbocycles. The van der Waals surface area contributed by atoms with Gasteiger partial charge in [-0.3, -0.25) is 14.9 Å². The number of nitrogens with one attached hydrogen (secondary N) is 3. The van der Waals surface area contributed by atoms with E-state index in [1.165, 1.54) is 5.56 Å². The standard InChI is InChI=1S/C22H25N3O2S/c1-13(2)15-7-9-17(10-8-15)21(27)25-22(28)24-19-6-4-5-18(14(19)3)23-20(26)16-11-12-16/h4-10,13,16H,11-12H2,1-3H3,(H,23,26)(H2,24,25,27,28). The number of rotatable bonds is 5. The zero-order valence-corrected chi connectivity index (χ0v) is 17.2. The fourth-order valence-electron chi connectivity index (χ4n) is 2.84. The van der Waals surface area contributed by atoms with Crippen molar-refractivity contribution in [1.82, 2.24) is 5.32 Å². The van der Waals surface area contributed by atoms with Gasteiger partial charge in [-0.05, 0) is 73.3 Å². The highest BCUT2D eigenvalue weighted by Gasteiger charge is 2.29. The lowest BCUT2D eigenvalue weighted by Gasteiger charge is -2.15. The lowest BCUT2D eigenvalue weighted by molar-refractivity contribution is -0.117. The minimum Gasteiger partial charge on any atom is -0.332 e. The van der Waals surface area contributed by atoms with Crippen molar-refractivity contribution in [3.05, 3.63) is 59.2 Å². The molecule has 0 aliphatic heterocycles. The van der Waals surface area contributed by atoms with E-state index in [0.29, 0.717) is 11.5 Å². The van der Waals surface area contributed by atoms with Crippen LogP contribution in [-0.4, -0.2) is 16.9 Å². The summed E-state index contributed by atoms with van der Waals surface area (Å²) in [5.41, 5.74) is 4.09. The van der Waals surface area contributed by atoms with Crippen LogP contribution in [0.2, 0.25) is 0 Å². The fraction of sp³-hybridized carbons (Fsp3) is 0.318. The fourth-order valence-corrected chi connectivity index (χ4v) is 3.04. The van der Waals surface area contributed by atoms with Crippen molar-refractivity contribution in [2.24, 2.45) is 5.92 Å². The summed E-state index contributed by atoms with van der Waals surface area (Å²) in [7, 11) is 0. The first-order chi connectivity index (χ1) is 13.3. The average molecular weight is 396 g/mol. The van der Waals surface area contributed by atoms with Gasteiger partial charge in [0.05, 0.1) is 0 Å². The van der Waals surface area contributed by atoms with Crippen LogP contribution < -0.4 is 16.0 Å². The molecule has 0 spiro atoms. The molecule has 3 rings (SSSR count). The topological polar surface area (TPSA) is 70.2 Å². The maximum absolute atomic E-state index is 12.4. The van der Waals surface area contributed by atoms with Crippen LogP contribution in [0.25, 0.3) is 0 Å². The molecule has 0 atom stereocenters. The highest BCUT2D eigenvalue weighted by molar-refractivity contribution is 7.80. The second-order valence-corrected chi connectivity index (χ2v) is 7.83. The molecule has 0 saturated heterocycles. The van der Waals surface area contributed by atoms with Gasteiger partial charge in [-0.2, -0.15) is 0 Å². The van der Waals surface area contributed by atoms with Gasteiger partial charge in [-0.15, -0.1) is 0 Å². The Hall–Kier alpha value is -2.73. The molecule has 0 radical (unpaired) electrons. The van der Waals surface area contributed by atoms with Gasteiger partial charge in [0.15, 0.2) is 5.11 Å². The first kappa shape index (κ1) is 20.0. The number of hydrogen-bond acceptors (Lipinski definition) is 3. The molecule has 3 N–H and O–H groups in total. The number of carbonyl (C=O) groups is 2. The molecule has 2 amide bonds. The molecule has 1 fully saturated rings. The zero-order chi connectivity index (χ0) is 20.3. The Labute approximate surface area is 170 Å². The summed E-state index contributed by atoms with van der Waals surface area (Å²) in [6.07, 6.45) is 1.91. The van der Waals surface area contributed by atoms with Crippen molar-refractivity contribution in [2.45, 2.75) is 39.5 Å². The molecule has 146 valence electrons. The van der Waals surface area contributed by atoms with E-state index in [2.05, 4.69) is 29.8 Å². The average Bonchev–Trinajstić information content (AvgIpc) is 3.50. The summed E-state index contributed by atoms with van der Waals surface area (Å²) in [6, 6.07) is 13.1. The van der Waals surface area contributed by atoms with Crippen LogP contribution in [0, 0.1) is 12.8 Å². The largest absolute Gasteiger partial charge is 0.332 e. The van der Waals surface area contributed by atoms with Crippen molar-refractivity contribution < 1.29 is 9.59 Å². The molecule has 2 aromatic rings. The summed E-state index contributed by atoms with van der Waals surface area (Å²) in [6.45, 7) is 6.12. The number of hydrogen-bond donors (Lipinski definition) is 3. The van der Waals surface area contributed by atoms with E-state index < -0.39 is 0 Å². The Balaban J connectivity index is 1.62. The molecule has 28 heavy (non-hydrogen) atoms. The summed E-state index contributed by atoms with van der Waals surface area (Å²) in [4.78, 5) is 24.4. The summed E-state index contributed by atoms with van der Waals surface area (Å²) >= 11 is 5.29. The molecule has 0 unspecified atom stereocenters. The molecule has 0 bridgehead atoms. The molecule has 5 nitrogen and oxygen atoms in total. The maximum atomic E-state index is 12.4. The zero-order valence-electron chi connectivity index (χ0n) is 16.3. The molecule has 6 heteroatoms. The van der Waals surface area contributed by atoms with E-state index in [1.54, 1.807) is 12.1 Å². The van der Waals surface area contributed by atoms with Gasteiger partial charge in [0.25, 0.3) is 5.91 Å². The van der Waals surface area contributed by atoms with Gasteiger partial charge in [0.2, 0.25) is 5.91 Å². The number of benzene rings is 2. The number of anilines is 2. The van der Waals surface area contributed by atoms with Crippen LogP contribution in [0.5, 0.6) is 0 Å². The minimum atomic E-state index is -0.261. The van der Waals surface area contributed by atoms with Crippen LogP contribution in [0.3, 0.4) is 0 Å². The number of thiocarbonyl (C=S) groups is 1. The Morgan fingerprint density at radius 2 is 1.61 bits per heavy atom. The van der Waals surface area contributed by atoms with Gasteiger partial charge in [0, 0.05) is 22.9 Å². The molecule has 1 aliphatic carbocycles. The van der Waals surface area contributed by atoms with Crippen LogP contribution in [-0.2, 0) is 4.79 Å². The second kappa shape index (κ2) is 8.52. The third kappa shape index (κ3) is 4.95. The summed E-state index contributed by atoms with van der Waals surface area (Å²) < 4.78 is 0. The predicted octanol–water partition coefficient (Wildman–Crippen LogP) is 4.59. The Kier molecular flexibility index (Phi) is 6.09. The van der Waals surface area contributed by atoms with Crippen LogP contribution in [0.15, 0.2) is 42.5 Å². The lowest BCUT2D eigenvalue weighted by atomic mass is 10.0. The Morgan fingerprint density at radius 1 is 1.00 bits per heavy atom. The molecular weight excluding hydrogens is 370 g/mol. The van der Waals surface area contributed by atoms with Crippen LogP contribution in [0.4, 0.5) is 11.4 Å². The van der Waals surface area contributed by atoms with Crippen molar-refractivity contribution in [3.8, 4) is 0 Å². The van der Waals surface area contributed by atoms with E-state index in [4.69, 9.17) is 12.2 Å². The first-order valence-electron chi connectivity index (χ1n) is 9.48. The molecule has 1 saturated carbocycles. The predicted molar refractivity (Wildman–Crippen MR) is 117 cm³/mol. The van der Waals surface area contributed by atoms with Crippen LogP contribution >= 0.6 is 12.2 Å². The third-order valence-corrected chi connectivity index (χ3v) is 5.06.